The number of carbonyl (C=O) groups is 2. The molecule has 0 spiro atoms. The number of nitrogens with one attached hydrogen (secondary N) is 2. The van der Waals surface area contributed by atoms with Crippen LogP contribution in [0.1, 0.15) is 12.5 Å². The monoisotopic (exact) mass is 344 g/mol. The van der Waals surface area contributed by atoms with Crippen molar-refractivity contribution in [2.24, 2.45) is 0 Å². The molecule has 1 unspecified atom stereocenters. The highest BCUT2D eigenvalue weighted by molar-refractivity contribution is 5.81. The minimum Gasteiger partial charge on any atom is -0.351 e. The molecular weight excluding hydrogens is 316 g/mol. The maximum atomic E-state index is 12.1. The molecule has 2 rings (SSSR count). The van der Waals surface area contributed by atoms with Gasteiger partial charge in [0.2, 0.25) is 11.8 Å². The van der Waals surface area contributed by atoms with E-state index in [9.17, 15) is 9.59 Å². The standard InChI is InChI=1S/C19H28N4O2/c1-3-9-20-19(25)16(2)23-12-10-22(11-13-23)15-18(24)21-14-17-7-5-4-6-8-17/h3-8,16H,1,9-15H2,2H3,(H,20,25)(H,21,24). The Labute approximate surface area is 149 Å². The van der Waals surface area contributed by atoms with Crippen LogP contribution < -0.4 is 10.6 Å². The number of carbonyl (C=O) groups excluding carboxylic acids is 2. The highest BCUT2D eigenvalue weighted by Gasteiger charge is 2.25. The van der Waals surface area contributed by atoms with Crippen LogP contribution >= 0.6 is 0 Å². The third-order valence-electron chi connectivity index (χ3n) is 4.45. The summed E-state index contributed by atoms with van der Waals surface area (Å²) < 4.78 is 0. The van der Waals surface area contributed by atoms with E-state index in [-0.39, 0.29) is 17.9 Å². The Hall–Kier alpha value is -2.18. The van der Waals surface area contributed by atoms with Crippen molar-refractivity contribution in [2.45, 2.75) is 19.5 Å². The van der Waals surface area contributed by atoms with Gasteiger partial charge in [0.15, 0.2) is 0 Å². The van der Waals surface area contributed by atoms with E-state index in [4.69, 9.17) is 0 Å². The summed E-state index contributed by atoms with van der Waals surface area (Å²) in [4.78, 5) is 28.4. The molecule has 25 heavy (non-hydrogen) atoms. The minimum absolute atomic E-state index is 0.0222. The van der Waals surface area contributed by atoms with Crippen molar-refractivity contribution in [3.8, 4) is 0 Å². The van der Waals surface area contributed by atoms with Crippen LogP contribution in [0.2, 0.25) is 0 Å². The maximum Gasteiger partial charge on any atom is 0.237 e. The van der Waals surface area contributed by atoms with Gasteiger partial charge in [0.05, 0.1) is 12.6 Å². The number of rotatable bonds is 8. The van der Waals surface area contributed by atoms with Gasteiger partial charge < -0.3 is 10.6 Å². The molecular formula is C19H28N4O2. The van der Waals surface area contributed by atoms with Gasteiger partial charge in [-0.25, -0.2) is 0 Å². The minimum atomic E-state index is -0.158. The summed E-state index contributed by atoms with van der Waals surface area (Å²) in [6, 6.07) is 9.73. The lowest BCUT2D eigenvalue weighted by atomic mass is 10.2. The van der Waals surface area contributed by atoms with E-state index in [1.54, 1.807) is 6.08 Å². The van der Waals surface area contributed by atoms with Crippen molar-refractivity contribution in [3.05, 3.63) is 48.6 Å². The largest absolute Gasteiger partial charge is 0.351 e. The van der Waals surface area contributed by atoms with Crippen molar-refractivity contribution >= 4 is 11.8 Å². The van der Waals surface area contributed by atoms with Crippen molar-refractivity contribution in [3.63, 3.8) is 0 Å². The van der Waals surface area contributed by atoms with Crippen LogP contribution in [-0.4, -0.2) is 66.9 Å². The van der Waals surface area contributed by atoms with Gasteiger partial charge in [-0.05, 0) is 12.5 Å². The molecule has 1 aromatic carbocycles. The first-order valence-corrected chi connectivity index (χ1v) is 8.76. The molecule has 0 saturated carbocycles. The summed E-state index contributed by atoms with van der Waals surface area (Å²) in [5.74, 6) is 0.0584. The molecule has 1 saturated heterocycles. The third-order valence-corrected chi connectivity index (χ3v) is 4.45. The fraction of sp³-hybridized carbons (Fsp3) is 0.474. The molecule has 1 aliphatic heterocycles. The maximum absolute atomic E-state index is 12.1. The predicted molar refractivity (Wildman–Crippen MR) is 99.0 cm³/mol. The second-order valence-corrected chi connectivity index (χ2v) is 6.28. The molecule has 1 aliphatic rings. The first-order chi connectivity index (χ1) is 12.1. The van der Waals surface area contributed by atoms with Crippen LogP contribution in [0.25, 0.3) is 0 Å². The third kappa shape index (κ3) is 6.32. The van der Waals surface area contributed by atoms with Crippen molar-refractivity contribution in [1.82, 2.24) is 20.4 Å². The van der Waals surface area contributed by atoms with Crippen molar-refractivity contribution in [1.29, 1.82) is 0 Å². The molecule has 1 fully saturated rings. The molecule has 0 bridgehead atoms. The Morgan fingerprint density at radius 1 is 1.16 bits per heavy atom. The van der Waals surface area contributed by atoms with Crippen LogP contribution in [0.15, 0.2) is 43.0 Å². The van der Waals surface area contributed by atoms with Crippen LogP contribution in [0, 0.1) is 0 Å². The fourth-order valence-electron chi connectivity index (χ4n) is 2.85. The Balaban J connectivity index is 1.68. The van der Waals surface area contributed by atoms with Crippen LogP contribution in [0.3, 0.4) is 0 Å². The molecule has 2 amide bonds. The van der Waals surface area contributed by atoms with Gasteiger partial charge in [-0.3, -0.25) is 19.4 Å². The quantitative estimate of drug-likeness (QED) is 0.679. The van der Waals surface area contributed by atoms with Crippen molar-refractivity contribution < 1.29 is 9.59 Å². The first kappa shape index (κ1) is 19.1. The lowest BCUT2D eigenvalue weighted by Gasteiger charge is -2.37. The highest BCUT2D eigenvalue weighted by atomic mass is 16.2. The van der Waals surface area contributed by atoms with Crippen molar-refractivity contribution in [2.75, 3.05) is 39.3 Å². The summed E-state index contributed by atoms with van der Waals surface area (Å²) in [7, 11) is 0. The van der Waals surface area contributed by atoms with E-state index in [2.05, 4.69) is 27.0 Å². The van der Waals surface area contributed by atoms with Crippen LogP contribution in [0.4, 0.5) is 0 Å². The zero-order valence-corrected chi connectivity index (χ0v) is 14.9. The number of nitrogens with zero attached hydrogens (tertiary/aromatic N) is 2. The van der Waals surface area contributed by atoms with Gasteiger partial charge >= 0.3 is 0 Å². The Morgan fingerprint density at radius 2 is 1.84 bits per heavy atom. The molecule has 6 heteroatoms. The topological polar surface area (TPSA) is 64.7 Å². The molecule has 0 aliphatic carbocycles. The number of hydrogen-bond donors (Lipinski definition) is 2. The predicted octanol–water partition coefficient (Wildman–Crippen LogP) is 0.611. The van der Waals surface area contributed by atoms with Gasteiger partial charge in [0, 0.05) is 39.3 Å². The number of piperazine rings is 1. The normalized spacial score (nSPS) is 16.8. The van der Waals surface area contributed by atoms with Crippen LogP contribution in [-0.2, 0) is 16.1 Å². The second kappa shape index (κ2) is 9.96. The summed E-state index contributed by atoms with van der Waals surface area (Å²) >= 11 is 0. The van der Waals surface area contributed by atoms with Gasteiger partial charge in [-0.2, -0.15) is 0 Å². The Morgan fingerprint density at radius 3 is 2.48 bits per heavy atom. The average molecular weight is 344 g/mol. The van der Waals surface area contributed by atoms with Gasteiger partial charge in [-0.1, -0.05) is 36.4 Å². The summed E-state index contributed by atoms with van der Waals surface area (Å²) in [6.07, 6.45) is 1.68. The van der Waals surface area contributed by atoms with Gasteiger partial charge in [0.25, 0.3) is 0 Å². The fourth-order valence-corrected chi connectivity index (χ4v) is 2.85. The van der Waals surface area contributed by atoms with Gasteiger partial charge in [0.1, 0.15) is 0 Å². The number of amides is 2. The second-order valence-electron chi connectivity index (χ2n) is 6.28. The zero-order valence-electron chi connectivity index (χ0n) is 14.9. The average Bonchev–Trinajstić information content (AvgIpc) is 2.65. The molecule has 0 aromatic heterocycles. The lowest BCUT2D eigenvalue weighted by Crippen LogP contribution is -2.55. The van der Waals surface area contributed by atoms with E-state index in [0.717, 1.165) is 31.7 Å². The number of benzene rings is 1. The molecule has 1 aromatic rings. The molecule has 2 N–H and O–H groups in total. The lowest BCUT2D eigenvalue weighted by molar-refractivity contribution is -0.127. The SMILES string of the molecule is C=CCNC(=O)C(C)N1CCN(CC(=O)NCc2ccccc2)CC1. The summed E-state index contributed by atoms with van der Waals surface area (Å²) in [6.45, 7) is 10.1. The van der Waals surface area contributed by atoms with E-state index < -0.39 is 0 Å². The molecule has 0 radical (unpaired) electrons. The molecule has 6 nitrogen and oxygen atoms in total. The van der Waals surface area contributed by atoms with E-state index in [0.29, 0.717) is 19.6 Å². The summed E-state index contributed by atoms with van der Waals surface area (Å²) in [5, 5.41) is 5.78. The van der Waals surface area contributed by atoms with E-state index in [1.165, 1.54) is 0 Å². The molecule has 136 valence electrons. The first-order valence-electron chi connectivity index (χ1n) is 8.76. The van der Waals surface area contributed by atoms with E-state index in [1.807, 2.05) is 37.3 Å². The Bertz CT molecular complexity index is 568. The number of hydrogen-bond acceptors (Lipinski definition) is 4. The molecule has 1 heterocycles. The van der Waals surface area contributed by atoms with Crippen LogP contribution in [0.5, 0.6) is 0 Å². The van der Waals surface area contributed by atoms with E-state index >= 15 is 0 Å². The summed E-state index contributed by atoms with van der Waals surface area (Å²) in [5.41, 5.74) is 1.10. The highest BCUT2D eigenvalue weighted by Crippen LogP contribution is 2.06. The van der Waals surface area contributed by atoms with Gasteiger partial charge in [-0.15, -0.1) is 6.58 Å². The zero-order chi connectivity index (χ0) is 18.1. The Kier molecular flexibility index (Phi) is 7.63. The molecule has 1 atom stereocenters. The smallest absolute Gasteiger partial charge is 0.237 e.